The molecule has 0 aliphatic carbocycles. The number of piperidine rings is 1. The van der Waals surface area contributed by atoms with E-state index in [9.17, 15) is 13.2 Å². The molecule has 0 bridgehead atoms. The van der Waals surface area contributed by atoms with Gasteiger partial charge in [0.2, 0.25) is 15.9 Å². The largest absolute Gasteiger partial charge is 0.497 e. The molecule has 0 unspecified atom stereocenters. The minimum atomic E-state index is -3.69. The molecule has 0 atom stereocenters. The second kappa shape index (κ2) is 9.61. The summed E-state index contributed by atoms with van der Waals surface area (Å²) in [5.41, 5.74) is 2.05. The van der Waals surface area contributed by atoms with Gasteiger partial charge in [-0.3, -0.25) is 4.79 Å². The molecule has 1 saturated heterocycles. The van der Waals surface area contributed by atoms with E-state index >= 15 is 0 Å². The van der Waals surface area contributed by atoms with Crippen LogP contribution in [0.3, 0.4) is 0 Å². The first-order valence-corrected chi connectivity index (χ1v) is 12.5. The van der Waals surface area contributed by atoms with Crippen molar-refractivity contribution in [3.8, 4) is 17.2 Å². The molecule has 2 aromatic rings. The van der Waals surface area contributed by atoms with Crippen LogP contribution in [0.25, 0.3) is 0 Å². The monoisotopic (exact) mass is 474 g/mol. The fourth-order valence-electron chi connectivity index (χ4n) is 4.62. The van der Waals surface area contributed by atoms with E-state index in [0.717, 1.165) is 29.8 Å². The van der Waals surface area contributed by atoms with Crippen molar-refractivity contribution < 1.29 is 27.4 Å². The number of fused-ring (bicyclic) bond motifs is 1. The molecule has 2 aromatic carbocycles. The van der Waals surface area contributed by atoms with E-state index < -0.39 is 10.0 Å². The average Bonchev–Trinajstić information content (AvgIpc) is 2.87. The molecular weight excluding hydrogens is 444 g/mol. The van der Waals surface area contributed by atoms with E-state index in [1.807, 2.05) is 23.1 Å². The van der Waals surface area contributed by atoms with Gasteiger partial charge in [0, 0.05) is 37.3 Å². The van der Waals surface area contributed by atoms with Gasteiger partial charge < -0.3 is 19.1 Å². The van der Waals surface area contributed by atoms with E-state index in [1.165, 1.54) is 30.7 Å². The van der Waals surface area contributed by atoms with E-state index in [0.29, 0.717) is 44.0 Å². The van der Waals surface area contributed by atoms with Crippen LogP contribution < -0.4 is 19.1 Å². The number of anilines is 1. The summed E-state index contributed by atoms with van der Waals surface area (Å²) in [5.74, 6) is 1.50. The number of benzene rings is 2. The summed E-state index contributed by atoms with van der Waals surface area (Å²) in [7, 11) is 0.923. The molecule has 0 saturated carbocycles. The first-order valence-electron chi connectivity index (χ1n) is 11.1. The van der Waals surface area contributed by atoms with Crippen LogP contribution in [0.15, 0.2) is 41.3 Å². The number of sulfonamides is 1. The van der Waals surface area contributed by atoms with Gasteiger partial charge in [-0.2, -0.15) is 4.31 Å². The zero-order chi connectivity index (χ0) is 23.6. The summed E-state index contributed by atoms with van der Waals surface area (Å²) in [6.45, 7) is 1.29. The molecule has 1 fully saturated rings. The van der Waals surface area contributed by atoms with Gasteiger partial charge >= 0.3 is 0 Å². The summed E-state index contributed by atoms with van der Waals surface area (Å²) in [4.78, 5) is 15.4. The Bertz CT molecular complexity index is 1130. The van der Waals surface area contributed by atoms with Gasteiger partial charge in [0.05, 0.1) is 26.2 Å². The molecule has 2 heterocycles. The number of aryl methyl sites for hydroxylation is 1. The van der Waals surface area contributed by atoms with Crippen molar-refractivity contribution >= 4 is 21.6 Å². The quantitative estimate of drug-likeness (QED) is 0.640. The van der Waals surface area contributed by atoms with Gasteiger partial charge in [-0.1, -0.05) is 0 Å². The Morgan fingerprint density at radius 3 is 2.30 bits per heavy atom. The molecule has 1 amide bonds. The zero-order valence-corrected chi connectivity index (χ0v) is 20.1. The van der Waals surface area contributed by atoms with Crippen LogP contribution in [0.4, 0.5) is 5.69 Å². The Morgan fingerprint density at radius 1 is 0.909 bits per heavy atom. The van der Waals surface area contributed by atoms with Gasteiger partial charge in [0.15, 0.2) is 11.5 Å². The Morgan fingerprint density at radius 2 is 1.64 bits per heavy atom. The Balaban J connectivity index is 1.46. The second-order valence-corrected chi connectivity index (χ2v) is 10.2. The number of nitrogens with zero attached hydrogens (tertiary/aromatic N) is 2. The predicted molar refractivity (Wildman–Crippen MR) is 125 cm³/mol. The summed E-state index contributed by atoms with van der Waals surface area (Å²) in [6.07, 6.45) is 2.80. The predicted octanol–water partition coefficient (Wildman–Crippen LogP) is 3.09. The van der Waals surface area contributed by atoms with Crippen LogP contribution in [0.5, 0.6) is 17.2 Å². The molecule has 0 spiro atoms. The van der Waals surface area contributed by atoms with E-state index in [2.05, 4.69) is 0 Å². The fourth-order valence-corrected chi connectivity index (χ4v) is 6.10. The number of carbonyl (C=O) groups is 1. The van der Waals surface area contributed by atoms with Crippen LogP contribution >= 0.6 is 0 Å². The molecule has 178 valence electrons. The van der Waals surface area contributed by atoms with Gasteiger partial charge in [-0.25, -0.2) is 8.42 Å². The van der Waals surface area contributed by atoms with Gasteiger partial charge in [-0.05, 0) is 61.6 Å². The second-order valence-electron chi connectivity index (χ2n) is 8.28. The maximum absolute atomic E-state index is 13.3. The van der Waals surface area contributed by atoms with Crippen molar-refractivity contribution in [1.29, 1.82) is 0 Å². The number of hydrogen-bond acceptors (Lipinski definition) is 6. The van der Waals surface area contributed by atoms with Crippen LogP contribution in [0.2, 0.25) is 0 Å². The lowest BCUT2D eigenvalue weighted by Crippen LogP contribution is -2.45. The minimum Gasteiger partial charge on any atom is -0.497 e. The summed E-state index contributed by atoms with van der Waals surface area (Å²) in [6, 6.07) is 10.4. The summed E-state index contributed by atoms with van der Waals surface area (Å²) in [5, 5.41) is 0. The van der Waals surface area contributed by atoms with Crippen LogP contribution in [-0.2, 0) is 21.2 Å². The molecule has 0 radical (unpaired) electrons. The Kier molecular flexibility index (Phi) is 6.81. The van der Waals surface area contributed by atoms with E-state index in [4.69, 9.17) is 14.2 Å². The highest BCUT2D eigenvalue weighted by Crippen LogP contribution is 2.35. The number of ether oxygens (including phenoxy) is 3. The third kappa shape index (κ3) is 4.52. The SMILES string of the molecule is COc1ccc2c(c1)CCCN2C(=O)C1CCN(S(=O)(=O)c2ccc(OC)c(OC)c2)CC1. The number of carbonyl (C=O) groups excluding carboxylic acids is 1. The van der Waals surface area contributed by atoms with Crippen molar-refractivity contribution in [3.63, 3.8) is 0 Å². The lowest BCUT2D eigenvalue weighted by Gasteiger charge is -2.36. The highest BCUT2D eigenvalue weighted by molar-refractivity contribution is 7.89. The first kappa shape index (κ1) is 23.4. The standard InChI is InChI=1S/C24H30N2O6S/c1-30-19-6-8-21-18(15-19)5-4-12-26(21)24(27)17-10-13-25(14-11-17)33(28,29)20-7-9-22(31-2)23(16-20)32-3/h6-9,15-17H,4-5,10-14H2,1-3H3. The van der Waals surface area contributed by atoms with Crippen LogP contribution in [0, 0.1) is 5.92 Å². The highest BCUT2D eigenvalue weighted by atomic mass is 32.2. The van der Waals surface area contributed by atoms with Crippen LogP contribution in [0.1, 0.15) is 24.8 Å². The molecular formula is C24H30N2O6S. The topological polar surface area (TPSA) is 85.4 Å². The normalized spacial score (nSPS) is 17.4. The zero-order valence-electron chi connectivity index (χ0n) is 19.2. The van der Waals surface area contributed by atoms with Crippen molar-refractivity contribution in [2.45, 2.75) is 30.6 Å². The maximum Gasteiger partial charge on any atom is 0.243 e. The molecule has 0 aromatic heterocycles. The smallest absolute Gasteiger partial charge is 0.243 e. The summed E-state index contributed by atoms with van der Waals surface area (Å²) >= 11 is 0. The number of hydrogen-bond donors (Lipinski definition) is 0. The molecule has 33 heavy (non-hydrogen) atoms. The molecule has 9 heteroatoms. The maximum atomic E-state index is 13.3. The molecule has 4 rings (SSSR count). The number of rotatable bonds is 6. The highest BCUT2D eigenvalue weighted by Gasteiger charge is 2.35. The van der Waals surface area contributed by atoms with Crippen molar-refractivity contribution in [1.82, 2.24) is 4.31 Å². The molecule has 8 nitrogen and oxygen atoms in total. The number of amides is 1. The minimum absolute atomic E-state index is 0.0734. The van der Waals surface area contributed by atoms with Gasteiger partial charge in [0.25, 0.3) is 0 Å². The van der Waals surface area contributed by atoms with Gasteiger partial charge in [-0.15, -0.1) is 0 Å². The van der Waals surface area contributed by atoms with Gasteiger partial charge in [0.1, 0.15) is 5.75 Å². The number of methoxy groups -OCH3 is 3. The molecule has 2 aliphatic rings. The summed E-state index contributed by atoms with van der Waals surface area (Å²) < 4.78 is 43.6. The Hall–Kier alpha value is -2.78. The molecule has 2 aliphatic heterocycles. The third-order valence-corrected chi connectivity index (χ3v) is 8.36. The lowest BCUT2D eigenvalue weighted by atomic mass is 9.94. The lowest BCUT2D eigenvalue weighted by molar-refractivity contribution is -0.123. The van der Waals surface area contributed by atoms with E-state index in [1.54, 1.807) is 13.2 Å². The third-order valence-electron chi connectivity index (χ3n) is 6.47. The van der Waals surface area contributed by atoms with Crippen LogP contribution in [-0.4, -0.2) is 59.6 Å². The average molecular weight is 475 g/mol. The van der Waals surface area contributed by atoms with Crippen molar-refractivity contribution in [2.24, 2.45) is 5.92 Å². The molecule has 0 N–H and O–H groups in total. The fraction of sp³-hybridized carbons (Fsp3) is 0.458. The van der Waals surface area contributed by atoms with Crippen molar-refractivity contribution in [3.05, 3.63) is 42.0 Å². The van der Waals surface area contributed by atoms with Crippen molar-refractivity contribution in [2.75, 3.05) is 45.9 Å². The van der Waals surface area contributed by atoms with E-state index in [-0.39, 0.29) is 16.7 Å². The Labute approximate surface area is 195 Å². The first-order chi connectivity index (χ1) is 15.9.